The lowest BCUT2D eigenvalue weighted by molar-refractivity contribution is -0.274. The van der Waals surface area contributed by atoms with E-state index in [-0.39, 0.29) is 17.9 Å². The van der Waals surface area contributed by atoms with Crippen molar-refractivity contribution in [1.29, 1.82) is 0 Å². The molecule has 2 aromatic carbocycles. The Bertz CT molecular complexity index is 825. The molecule has 0 atom stereocenters. The molecule has 0 bridgehead atoms. The quantitative estimate of drug-likeness (QED) is 0.417. The summed E-state index contributed by atoms with van der Waals surface area (Å²) in [6, 6.07) is 9.55. The van der Waals surface area contributed by atoms with Crippen LogP contribution in [0.15, 0.2) is 48.5 Å². The summed E-state index contributed by atoms with van der Waals surface area (Å²) in [7, 11) is 0. The van der Waals surface area contributed by atoms with Gasteiger partial charge in [0.05, 0.1) is 5.56 Å². The maximum atomic E-state index is 12.1. The van der Waals surface area contributed by atoms with Gasteiger partial charge in [-0.25, -0.2) is 9.59 Å². The van der Waals surface area contributed by atoms with E-state index >= 15 is 0 Å². The van der Waals surface area contributed by atoms with E-state index in [0.717, 1.165) is 24.3 Å². The van der Waals surface area contributed by atoms with E-state index in [0.29, 0.717) is 5.56 Å². The van der Waals surface area contributed by atoms with Crippen LogP contribution in [0.2, 0.25) is 0 Å². The van der Waals surface area contributed by atoms with Crippen molar-refractivity contribution in [2.45, 2.75) is 19.1 Å². The first-order valence-corrected chi connectivity index (χ1v) is 7.35. The van der Waals surface area contributed by atoms with Crippen molar-refractivity contribution in [3.63, 3.8) is 0 Å². The lowest BCUT2D eigenvalue weighted by atomic mass is 10.2. The Hall–Kier alpha value is -3.24. The summed E-state index contributed by atoms with van der Waals surface area (Å²) < 4.78 is 85.1. The minimum atomic E-state index is -5.29. The summed E-state index contributed by atoms with van der Waals surface area (Å²) in [6.07, 6.45) is -10.1. The normalized spacial score (nSPS) is 11.6. The number of esters is 2. The number of carbonyl (C=O) groups is 2. The molecule has 0 aliphatic rings. The van der Waals surface area contributed by atoms with Crippen LogP contribution in [-0.2, 0) is 16.1 Å². The van der Waals surface area contributed by atoms with E-state index in [1.807, 2.05) is 0 Å². The molecule has 0 aromatic heterocycles. The summed E-state index contributed by atoms with van der Waals surface area (Å²) in [5, 5.41) is 0. The van der Waals surface area contributed by atoms with Crippen molar-refractivity contribution < 1.29 is 50.1 Å². The first kappa shape index (κ1) is 21.1. The molecule has 0 unspecified atom stereocenters. The second-order valence-corrected chi connectivity index (χ2v) is 5.18. The standard InChI is InChI=1S/C17H10F6O5/c18-16(19,20)15(25)27-14(24)11-3-7-12(8-4-11)26-9-10-1-5-13(6-2-10)28-17(21,22)23/h1-8H,9H2. The topological polar surface area (TPSA) is 61.8 Å². The predicted molar refractivity (Wildman–Crippen MR) is 80.4 cm³/mol. The molecule has 2 aromatic rings. The van der Waals surface area contributed by atoms with Crippen molar-refractivity contribution in [3.8, 4) is 11.5 Å². The average molecular weight is 408 g/mol. The Balaban J connectivity index is 1.90. The minimum absolute atomic E-state index is 0.0390. The summed E-state index contributed by atoms with van der Waals surface area (Å²) >= 11 is 0. The van der Waals surface area contributed by atoms with Crippen molar-refractivity contribution in [2.75, 3.05) is 0 Å². The molecule has 150 valence electrons. The van der Waals surface area contributed by atoms with Crippen LogP contribution in [0.1, 0.15) is 15.9 Å². The molecule has 0 saturated carbocycles. The van der Waals surface area contributed by atoms with Gasteiger partial charge in [-0.1, -0.05) is 12.1 Å². The van der Waals surface area contributed by atoms with Gasteiger partial charge in [0, 0.05) is 0 Å². The molecule has 0 aliphatic heterocycles. The Morgan fingerprint density at radius 3 is 1.82 bits per heavy atom. The molecule has 5 nitrogen and oxygen atoms in total. The maximum absolute atomic E-state index is 12.1. The molecule has 0 aliphatic carbocycles. The number of hydrogen-bond acceptors (Lipinski definition) is 5. The van der Waals surface area contributed by atoms with Gasteiger partial charge in [0.2, 0.25) is 0 Å². The van der Waals surface area contributed by atoms with Gasteiger partial charge >= 0.3 is 24.5 Å². The molecule has 11 heteroatoms. The zero-order valence-corrected chi connectivity index (χ0v) is 13.6. The fourth-order valence-corrected chi connectivity index (χ4v) is 1.84. The first-order valence-electron chi connectivity index (χ1n) is 7.35. The third-order valence-corrected chi connectivity index (χ3v) is 3.07. The number of ether oxygens (including phenoxy) is 3. The van der Waals surface area contributed by atoms with E-state index in [1.54, 1.807) is 0 Å². The van der Waals surface area contributed by atoms with Gasteiger partial charge < -0.3 is 14.2 Å². The van der Waals surface area contributed by atoms with Crippen molar-refractivity contribution in [2.24, 2.45) is 0 Å². The van der Waals surface area contributed by atoms with Crippen LogP contribution in [0, 0.1) is 0 Å². The third kappa shape index (κ3) is 6.49. The zero-order valence-electron chi connectivity index (χ0n) is 13.6. The summed E-state index contributed by atoms with van der Waals surface area (Å²) in [6.45, 7) is -0.0390. The highest BCUT2D eigenvalue weighted by Crippen LogP contribution is 2.23. The smallest absolute Gasteiger partial charge is 0.489 e. The van der Waals surface area contributed by atoms with E-state index in [1.165, 1.54) is 24.3 Å². The Kier molecular flexibility index (Phi) is 6.16. The third-order valence-electron chi connectivity index (χ3n) is 3.07. The molecule has 0 N–H and O–H groups in total. The molecule has 0 radical (unpaired) electrons. The molecular formula is C17H10F6O5. The van der Waals surface area contributed by atoms with E-state index in [2.05, 4.69) is 9.47 Å². The number of halogens is 6. The van der Waals surface area contributed by atoms with Gasteiger partial charge in [-0.2, -0.15) is 13.2 Å². The highest BCUT2D eigenvalue weighted by Gasteiger charge is 2.42. The summed E-state index contributed by atoms with van der Waals surface area (Å²) in [5.41, 5.74) is 0.201. The lowest BCUT2D eigenvalue weighted by Gasteiger charge is -2.10. The Labute approximate surface area is 153 Å². The summed E-state index contributed by atoms with van der Waals surface area (Å²) in [4.78, 5) is 22.1. The first-order chi connectivity index (χ1) is 12.9. The molecule has 2 rings (SSSR count). The second-order valence-electron chi connectivity index (χ2n) is 5.18. The van der Waals surface area contributed by atoms with Gasteiger partial charge in [0.25, 0.3) is 0 Å². The number of hydrogen-bond donors (Lipinski definition) is 0. The van der Waals surface area contributed by atoms with Crippen LogP contribution >= 0.6 is 0 Å². The van der Waals surface area contributed by atoms with Gasteiger partial charge in [-0.15, -0.1) is 13.2 Å². The Morgan fingerprint density at radius 1 is 0.786 bits per heavy atom. The molecule has 0 fully saturated rings. The van der Waals surface area contributed by atoms with Crippen LogP contribution in [0.5, 0.6) is 11.5 Å². The number of alkyl halides is 6. The van der Waals surface area contributed by atoms with Gasteiger partial charge in [0.15, 0.2) is 0 Å². The van der Waals surface area contributed by atoms with Crippen LogP contribution in [0.3, 0.4) is 0 Å². The van der Waals surface area contributed by atoms with Crippen molar-refractivity contribution in [1.82, 2.24) is 0 Å². The maximum Gasteiger partial charge on any atom is 0.573 e. The van der Waals surface area contributed by atoms with Crippen LogP contribution in [0.25, 0.3) is 0 Å². The SMILES string of the molecule is O=C(OC(=O)C(F)(F)F)c1ccc(OCc2ccc(OC(F)(F)F)cc2)cc1. The zero-order chi connectivity index (χ0) is 20.9. The number of benzene rings is 2. The summed E-state index contributed by atoms with van der Waals surface area (Å²) in [5.74, 6) is -4.29. The van der Waals surface area contributed by atoms with Gasteiger partial charge in [-0.05, 0) is 42.0 Å². The monoisotopic (exact) mass is 408 g/mol. The van der Waals surface area contributed by atoms with E-state index < -0.39 is 30.2 Å². The molecular weight excluding hydrogens is 398 g/mol. The van der Waals surface area contributed by atoms with Crippen molar-refractivity contribution >= 4 is 11.9 Å². The van der Waals surface area contributed by atoms with Crippen LogP contribution in [0.4, 0.5) is 26.3 Å². The highest BCUT2D eigenvalue weighted by molar-refractivity contribution is 5.98. The minimum Gasteiger partial charge on any atom is -0.489 e. The average Bonchev–Trinajstić information content (AvgIpc) is 2.59. The van der Waals surface area contributed by atoms with Crippen molar-refractivity contribution in [3.05, 3.63) is 59.7 Å². The van der Waals surface area contributed by atoms with Gasteiger partial charge in [-0.3, -0.25) is 0 Å². The Morgan fingerprint density at radius 2 is 1.32 bits per heavy atom. The van der Waals surface area contributed by atoms with Gasteiger partial charge in [0.1, 0.15) is 18.1 Å². The predicted octanol–water partition coefficient (Wildman–Crippen LogP) is 4.41. The number of rotatable bonds is 5. The van der Waals surface area contributed by atoms with E-state index in [9.17, 15) is 35.9 Å². The molecule has 0 amide bonds. The molecule has 0 spiro atoms. The second kappa shape index (κ2) is 8.19. The largest absolute Gasteiger partial charge is 0.573 e. The number of carbonyl (C=O) groups excluding carboxylic acids is 2. The fraction of sp³-hybridized carbons (Fsp3) is 0.176. The van der Waals surface area contributed by atoms with Crippen LogP contribution < -0.4 is 9.47 Å². The highest BCUT2D eigenvalue weighted by atomic mass is 19.4. The van der Waals surface area contributed by atoms with E-state index in [4.69, 9.17) is 4.74 Å². The molecule has 0 heterocycles. The molecule has 0 saturated heterocycles. The molecule has 28 heavy (non-hydrogen) atoms. The lowest BCUT2D eigenvalue weighted by Crippen LogP contribution is -2.28. The van der Waals surface area contributed by atoms with Crippen LogP contribution in [-0.4, -0.2) is 24.5 Å². The fourth-order valence-electron chi connectivity index (χ4n) is 1.84.